The highest BCUT2D eigenvalue weighted by Crippen LogP contribution is 2.47. The number of nitriles is 1. The minimum absolute atomic E-state index is 0.213. The van der Waals surface area contributed by atoms with Crippen molar-refractivity contribution in [2.45, 2.75) is 25.7 Å². The third-order valence-corrected chi connectivity index (χ3v) is 4.83. The summed E-state index contributed by atoms with van der Waals surface area (Å²) in [6.07, 6.45) is 6.64. The van der Waals surface area contributed by atoms with Crippen molar-refractivity contribution >= 4 is 12.2 Å². The lowest BCUT2D eigenvalue weighted by atomic mass is 9.77. The van der Waals surface area contributed by atoms with E-state index in [1.165, 1.54) is 12.0 Å². The van der Waals surface area contributed by atoms with Crippen molar-refractivity contribution < 1.29 is 9.47 Å². The summed E-state index contributed by atoms with van der Waals surface area (Å²) < 4.78 is 11.4. The molecule has 1 atom stereocenters. The van der Waals surface area contributed by atoms with E-state index in [1.807, 2.05) is 37.4 Å². The van der Waals surface area contributed by atoms with Crippen molar-refractivity contribution in [1.29, 1.82) is 5.26 Å². The standard InChI is InChI=1S/C22H19N3O2/c1-2-26-14-25-22-19(12-23)20(16-7-5-11-24-13-16)18-10-9-15-6-3-4-8-17(15)21(18)27-22/h3-8,11,13-14,20H,2,9-10H2,1H3. The van der Waals surface area contributed by atoms with Crippen LogP contribution in [0, 0.1) is 11.3 Å². The minimum atomic E-state index is -0.213. The normalized spacial score (nSPS) is 18.6. The molecule has 0 N–H and O–H groups in total. The second kappa shape index (κ2) is 7.46. The van der Waals surface area contributed by atoms with Crippen molar-refractivity contribution in [2.75, 3.05) is 6.61 Å². The van der Waals surface area contributed by atoms with Crippen LogP contribution in [0.3, 0.4) is 0 Å². The third kappa shape index (κ3) is 3.11. The number of ether oxygens (including phenoxy) is 2. The fraction of sp³-hybridized carbons (Fsp3) is 0.227. The van der Waals surface area contributed by atoms with Gasteiger partial charge >= 0.3 is 0 Å². The molecule has 1 aromatic carbocycles. The molecule has 2 heterocycles. The molecule has 1 unspecified atom stereocenters. The Balaban J connectivity index is 1.89. The molecule has 4 rings (SSSR count). The van der Waals surface area contributed by atoms with Gasteiger partial charge in [-0.05, 0) is 42.5 Å². The molecular formula is C22H19N3O2. The first kappa shape index (κ1) is 17.0. The summed E-state index contributed by atoms with van der Waals surface area (Å²) in [5.41, 5.74) is 4.86. The van der Waals surface area contributed by atoms with E-state index < -0.39 is 0 Å². The van der Waals surface area contributed by atoms with E-state index in [2.05, 4.69) is 28.2 Å². The van der Waals surface area contributed by atoms with Gasteiger partial charge in [0.05, 0.1) is 12.5 Å². The van der Waals surface area contributed by atoms with E-state index in [-0.39, 0.29) is 11.8 Å². The molecule has 5 heteroatoms. The Morgan fingerprint density at radius 3 is 2.96 bits per heavy atom. The number of rotatable bonds is 4. The van der Waals surface area contributed by atoms with Gasteiger partial charge in [0.1, 0.15) is 17.4 Å². The molecule has 0 saturated carbocycles. The van der Waals surface area contributed by atoms with Crippen LogP contribution >= 0.6 is 0 Å². The van der Waals surface area contributed by atoms with Crippen molar-refractivity contribution in [3.05, 3.63) is 82.5 Å². The first-order valence-corrected chi connectivity index (χ1v) is 9.01. The highest BCUT2D eigenvalue weighted by molar-refractivity contribution is 5.74. The van der Waals surface area contributed by atoms with Crippen LogP contribution in [0.4, 0.5) is 0 Å². The number of aryl methyl sites for hydroxylation is 1. The van der Waals surface area contributed by atoms with Crippen molar-refractivity contribution in [2.24, 2.45) is 4.99 Å². The first-order valence-electron chi connectivity index (χ1n) is 9.01. The number of benzene rings is 1. The Hall–Kier alpha value is -3.39. The minimum Gasteiger partial charge on any atom is -0.483 e. The lowest BCUT2D eigenvalue weighted by molar-refractivity contribution is 0.325. The second-order valence-electron chi connectivity index (χ2n) is 6.35. The molecule has 1 aromatic heterocycles. The maximum absolute atomic E-state index is 9.89. The lowest BCUT2D eigenvalue weighted by Gasteiger charge is -2.32. The van der Waals surface area contributed by atoms with E-state index in [1.54, 1.807) is 6.20 Å². The van der Waals surface area contributed by atoms with Crippen molar-refractivity contribution in [3.8, 4) is 6.07 Å². The van der Waals surface area contributed by atoms with Gasteiger partial charge in [-0.25, -0.2) is 0 Å². The van der Waals surface area contributed by atoms with Crippen molar-refractivity contribution in [3.63, 3.8) is 0 Å². The lowest BCUT2D eigenvalue weighted by Crippen LogP contribution is -2.20. The van der Waals surface area contributed by atoms with Crippen LogP contribution < -0.4 is 0 Å². The Bertz CT molecular complexity index is 984. The van der Waals surface area contributed by atoms with Gasteiger partial charge < -0.3 is 9.47 Å². The summed E-state index contributed by atoms with van der Waals surface area (Å²) in [5, 5.41) is 9.89. The predicted octanol–water partition coefficient (Wildman–Crippen LogP) is 4.35. The molecule has 1 aliphatic heterocycles. The maximum atomic E-state index is 9.89. The quantitative estimate of drug-likeness (QED) is 0.602. The van der Waals surface area contributed by atoms with Gasteiger partial charge in [-0.2, -0.15) is 10.3 Å². The fourth-order valence-electron chi connectivity index (χ4n) is 3.64. The molecule has 5 nitrogen and oxygen atoms in total. The van der Waals surface area contributed by atoms with Crippen LogP contribution in [0.2, 0.25) is 0 Å². The highest BCUT2D eigenvalue weighted by atomic mass is 16.5. The topological polar surface area (TPSA) is 67.5 Å². The Kier molecular flexibility index (Phi) is 4.71. The average Bonchev–Trinajstić information content (AvgIpc) is 2.73. The molecule has 0 fully saturated rings. The molecule has 0 radical (unpaired) electrons. The zero-order chi connectivity index (χ0) is 18.6. The number of hydrogen-bond acceptors (Lipinski definition) is 5. The number of aliphatic imine (C=N–C) groups is 1. The van der Waals surface area contributed by atoms with E-state index in [0.717, 1.165) is 35.3 Å². The monoisotopic (exact) mass is 357 g/mol. The SMILES string of the molecule is CCOC=NC1=C(C#N)C(c2cccnc2)C2=C(O1)c1ccccc1CC2. The van der Waals surface area contributed by atoms with Crippen LogP contribution in [0.5, 0.6) is 0 Å². The van der Waals surface area contributed by atoms with Gasteiger partial charge in [0.25, 0.3) is 0 Å². The number of pyridine rings is 1. The summed E-state index contributed by atoms with van der Waals surface area (Å²) in [4.78, 5) is 8.55. The van der Waals surface area contributed by atoms with Gasteiger partial charge in [-0.3, -0.25) is 4.98 Å². The molecule has 27 heavy (non-hydrogen) atoms. The average molecular weight is 357 g/mol. The summed E-state index contributed by atoms with van der Waals surface area (Å²) in [5.74, 6) is 0.873. The number of allylic oxidation sites excluding steroid dienone is 2. The van der Waals surface area contributed by atoms with E-state index in [9.17, 15) is 5.26 Å². The van der Waals surface area contributed by atoms with Gasteiger partial charge in [0.2, 0.25) is 5.88 Å². The molecule has 0 amide bonds. The second-order valence-corrected chi connectivity index (χ2v) is 6.35. The Morgan fingerprint density at radius 1 is 1.30 bits per heavy atom. The molecule has 0 bridgehead atoms. The molecule has 2 aliphatic rings. The smallest absolute Gasteiger partial charge is 0.236 e. The zero-order valence-electron chi connectivity index (χ0n) is 15.1. The molecule has 1 aliphatic carbocycles. The Morgan fingerprint density at radius 2 is 2.19 bits per heavy atom. The first-order chi connectivity index (χ1) is 13.3. The van der Waals surface area contributed by atoms with Crippen LogP contribution in [0.15, 0.2) is 70.8 Å². The van der Waals surface area contributed by atoms with Crippen LogP contribution in [-0.2, 0) is 15.9 Å². The summed E-state index contributed by atoms with van der Waals surface area (Å²) >= 11 is 0. The number of fused-ring (bicyclic) bond motifs is 2. The van der Waals surface area contributed by atoms with Gasteiger partial charge in [-0.1, -0.05) is 30.3 Å². The van der Waals surface area contributed by atoms with E-state index in [4.69, 9.17) is 9.47 Å². The van der Waals surface area contributed by atoms with Crippen LogP contribution in [0.1, 0.15) is 36.0 Å². The zero-order valence-corrected chi connectivity index (χ0v) is 15.1. The van der Waals surface area contributed by atoms with E-state index in [0.29, 0.717) is 12.2 Å². The molecule has 0 spiro atoms. The molecule has 2 aromatic rings. The predicted molar refractivity (Wildman–Crippen MR) is 103 cm³/mol. The third-order valence-electron chi connectivity index (χ3n) is 4.83. The number of hydrogen-bond donors (Lipinski definition) is 0. The number of aromatic nitrogens is 1. The van der Waals surface area contributed by atoms with E-state index >= 15 is 0 Å². The molecular weight excluding hydrogens is 338 g/mol. The molecule has 134 valence electrons. The largest absolute Gasteiger partial charge is 0.483 e. The summed E-state index contributed by atoms with van der Waals surface area (Å²) in [6.45, 7) is 2.38. The van der Waals surface area contributed by atoms with Crippen molar-refractivity contribution in [1.82, 2.24) is 4.98 Å². The van der Waals surface area contributed by atoms with Gasteiger partial charge in [0.15, 0.2) is 6.40 Å². The van der Waals surface area contributed by atoms with Gasteiger partial charge in [0, 0.05) is 18.0 Å². The fourth-order valence-corrected chi connectivity index (χ4v) is 3.64. The number of nitrogens with zero attached hydrogens (tertiary/aromatic N) is 3. The summed E-state index contributed by atoms with van der Waals surface area (Å²) in [7, 11) is 0. The van der Waals surface area contributed by atoms with Gasteiger partial charge in [-0.15, -0.1) is 0 Å². The summed E-state index contributed by atoms with van der Waals surface area (Å²) in [6, 6.07) is 14.4. The maximum Gasteiger partial charge on any atom is 0.236 e. The Labute approximate surface area is 158 Å². The highest BCUT2D eigenvalue weighted by Gasteiger charge is 2.36. The molecule has 0 saturated heterocycles. The van der Waals surface area contributed by atoms with Crippen LogP contribution in [0.25, 0.3) is 5.76 Å². The van der Waals surface area contributed by atoms with Crippen LogP contribution in [-0.4, -0.2) is 18.0 Å².